The summed E-state index contributed by atoms with van der Waals surface area (Å²) in [5.74, 6) is 0.524. The average molecular weight is 420 g/mol. The van der Waals surface area contributed by atoms with E-state index in [-0.39, 0.29) is 11.8 Å². The summed E-state index contributed by atoms with van der Waals surface area (Å²) in [4.78, 5) is 4.47. The molecule has 4 nitrogen and oxygen atoms in total. The monoisotopic (exact) mass is 419 g/mol. The lowest BCUT2D eigenvalue weighted by atomic mass is 10.2. The summed E-state index contributed by atoms with van der Waals surface area (Å²) in [5.41, 5.74) is 0.560. The average Bonchev–Trinajstić information content (AvgIpc) is 3.03. The lowest BCUT2D eigenvalue weighted by Crippen LogP contribution is -2.17. The minimum absolute atomic E-state index is 0.125. The molecule has 2 aromatic rings. The van der Waals surface area contributed by atoms with Crippen molar-refractivity contribution in [1.82, 2.24) is 0 Å². The van der Waals surface area contributed by atoms with Crippen molar-refractivity contribution in [2.75, 3.05) is 13.2 Å². The van der Waals surface area contributed by atoms with Gasteiger partial charge in [0, 0.05) is 6.42 Å². The third-order valence-corrected chi connectivity index (χ3v) is 4.30. The molecule has 0 fully saturated rings. The largest absolute Gasteiger partial charge is 0.573 e. The van der Waals surface area contributed by atoms with Crippen LogP contribution >= 0.6 is 23.2 Å². The van der Waals surface area contributed by atoms with Crippen LogP contribution in [0.3, 0.4) is 0 Å². The molecule has 0 N–H and O–H groups in total. The molecule has 27 heavy (non-hydrogen) atoms. The molecule has 0 spiro atoms. The van der Waals surface area contributed by atoms with Crippen LogP contribution in [0.25, 0.3) is 0 Å². The van der Waals surface area contributed by atoms with Gasteiger partial charge >= 0.3 is 6.36 Å². The van der Waals surface area contributed by atoms with Gasteiger partial charge in [-0.3, -0.25) is 0 Å². The first-order valence-electron chi connectivity index (χ1n) is 7.95. The van der Waals surface area contributed by atoms with E-state index >= 15 is 0 Å². The second-order valence-corrected chi connectivity index (χ2v) is 6.47. The van der Waals surface area contributed by atoms with Crippen molar-refractivity contribution >= 4 is 29.1 Å². The number of ether oxygens (including phenoxy) is 3. The first-order chi connectivity index (χ1) is 12.8. The fourth-order valence-corrected chi connectivity index (χ4v) is 3.01. The Morgan fingerprint density at radius 1 is 1.04 bits per heavy atom. The normalized spacial score (nSPS) is 16.6. The van der Waals surface area contributed by atoms with Crippen LogP contribution in [0.15, 0.2) is 47.5 Å². The summed E-state index contributed by atoms with van der Waals surface area (Å²) in [6.45, 7) is 0.694. The number of hydrogen-bond donors (Lipinski definition) is 0. The molecule has 0 aliphatic carbocycles. The third-order valence-electron chi connectivity index (χ3n) is 3.67. The van der Waals surface area contributed by atoms with Gasteiger partial charge in [0.1, 0.15) is 18.1 Å². The second kappa shape index (κ2) is 8.27. The standard InChI is InChI=1S/C18H14Cl2F3NO3/c19-14-2-1-3-15(20)16(14)17-24-11(10-26-17)8-9-25-12-4-6-13(7-5-12)27-18(21,22)23/h1-7,11H,8-10H2. The molecule has 1 aliphatic heterocycles. The van der Waals surface area contributed by atoms with E-state index < -0.39 is 6.36 Å². The molecule has 1 unspecified atom stereocenters. The summed E-state index contributed by atoms with van der Waals surface area (Å²) in [7, 11) is 0. The first-order valence-corrected chi connectivity index (χ1v) is 8.71. The Labute approximate surface area is 163 Å². The van der Waals surface area contributed by atoms with Crippen molar-refractivity contribution < 1.29 is 27.4 Å². The number of halogens is 5. The highest BCUT2D eigenvalue weighted by Crippen LogP contribution is 2.28. The number of hydrogen-bond acceptors (Lipinski definition) is 4. The van der Waals surface area contributed by atoms with Crippen LogP contribution in [-0.4, -0.2) is 31.5 Å². The van der Waals surface area contributed by atoms with E-state index in [4.69, 9.17) is 32.7 Å². The molecule has 0 saturated carbocycles. The van der Waals surface area contributed by atoms with Crippen molar-refractivity contribution in [2.24, 2.45) is 4.99 Å². The van der Waals surface area contributed by atoms with Crippen LogP contribution in [0.2, 0.25) is 10.0 Å². The lowest BCUT2D eigenvalue weighted by molar-refractivity contribution is -0.274. The maximum atomic E-state index is 12.1. The molecular formula is C18H14Cl2F3NO3. The highest BCUT2D eigenvalue weighted by Gasteiger charge is 2.31. The van der Waals surface area contributed by atoms with Crippen LogP contribution in [0.5, 0.6) is 11.5 Å². The second-order valence-electron chi connectivity index (χ2n) is 5.65. The highest BCUT2D eigenvalue weighted by atomic mass is 35.5. The molecule has 0 aromatic heterocycles. The smallest absolute Gasteiger partial charge is 0.494 e. The highest BCUT2D eigenvalue weighted by molar-refractivity contribution is 6.39. The van der Waals surface area contributed by atoms with Gasteiger partial charge in [-0.1, -0.05) is 29.3 Å². The fourth-order valence-electron chi connectivity index (χ4n) is 2.45. The SMILES string of the molecule is FC(F)(F)Oc1ccc(OCCC2COC(c3c(Cl)cccc3Cl)=N2)cc1. The van der Waals surface area contributed by atoms with Crippen molar-refractivity contribution in [3.63, 3.8) is 0 Å². The number of alkyl halides is 3. The number of benzene rings is 2. The number of aliphatic imine (C=N–C) groups is 1. The Balaban J connectivity index is 1.52. The van der Waals surface area contributed by atoms with Gasteiger partial charge in [-0.05, 0) is 36.4 Å². The molecule has 0 saturated heterocycles. The summed E-state index contributed by atoms with van der Waals surface area (Å²) in [6, 6.07) is 10.2. The van der Waals surface area contributed by atoms with Gasteiger partial charge in [0.15, 0.2) is 0 Å². The molecule has 1 heterocycles. The van der Waals surface area contributed by atoms with Crippen LogP contribution in [-0.2, 0) is 4.74 Å². The van der Waals surface area contributed by atoms with Crippen molar-refractivity contribution in [1.29, 1.82) is 0 Å². The zero-order chi connectivity index (χ0) is 19.4. The Morgan fingerprint density at radius 3 is 2.30 bits per heavy atom. The molecule has 0 amide bonds. The maximum absolute atomic E-state index is 12.1. The molecule has 0 radical (unpaired) electrons. The Kier molecular flexibility index (Phi) is 6.01. The molecular weight excluding hydrogens is 406 g/mol. The van der Waals surface area contributed by atoms with Gasteiger partial charge in [-0.25, -0.2) is 4.99 Å². The Bertz CT molecular complexity index is 805. The lowest BCUT2D eigenvalue weighted by Gasteiger charge is -2.10. The predicted octanol–water partition coefficient (Wildman–Crippen LogP) is 5.51. The van der Waals surface area contributed by atoms with E-state index in [0.717, 1.165) is 0 Å². The zero-order valence-electron chi connectivity index (χ0n) is 13.8. The van der Waals surface area contributed by atoms with Crippen LogP contribution in [0, 0.1) is 0 Å². The van der Waals surface area contributed by atoms with E-state index in [9.17, 15) is 13.2 Å². The van der Waals surface area contributed by atoms with E-state index in [1.165, 1.54) is 24.3 Å². The molecule has 3 rings (SSSR count). The number of nitrogens with zero attached hydrogens (tertiary/aromatic N) is 1. The van der Waals surface area contributed by atoms with Crippen LogP contribution < -0.4 is 9.47 Å². The zero-order valence-corrected chi connectivity index (χ0v) is 15.3. The molecule has 1 aliphatic rings. The van der Waals surface area contributed by atoms with Gasteiger partial charge in [0.05, 0.1) is 28.3 Å². The van der Waals surface area contributed by atoms with Gasteiger partial charge in [-0.15, -0.1) is 13.2 Å². The van der Waals surface area contributed by atoms with E-state index in [0.29, 0.717) is 46.9 Å². The predicted molar refractivity (Wildman–Crippen MR) is 96.0 cm³/mol. The van der Waals surface area contributed by atoms with Gasteiger partial charge < -0.3 is 14.2 Å². The molecule has 9 heteroatoms. The molecule has 0 bridgehead atoms. The summed E-state index contributed by atoms with van der Waals surface area (Å²) in [5, 5.41) is 0.915. The molecule has 2 aromatic carbocycles. The first kappa shape index (κ1) is 19.6. The number of rotatable bonds is 6. The summed E-state index contributed by atoms with van der Waals surface area (Å²) < 4.78 is 51.3. The van der Waals surface area contributed by atoms with Gasteiger partial charge in [0.25, 0.3) is 0 Å². The summed E-state index contributed by atoms with van der Waals surface area (Å²) in [6.07, 6.45) is -4.16. The quantitative estimate of drug-likeness (QED) is 0.619. The minimum atomic E-state index is -4.72. The van der Waals surface area contributed by atoms with Crippen LogP contribution in [0.4, 0.5) is 13.2 Å². The topological polar surface area (TPSA) is 40.0 Å². The van der Waals surface area contributed by atoms with E-state index in [1.807, 2.05) is 0 Å². The third kappa shape index (κ3) is 5.43. The van der Waals surface area contributed by atoms with Crippen molar-refractivity contribution in [3.05, 3.63) is 58.1 Å². The van der Waals surface area contributed by atoms with Crippen molar-refractivity contribution in [2.45, 2.75) is 18.8 Å². The molecule has 144 valence electrons. The maximum Gasteiger partial charge on any atom is 0.573 e. The minimum Gasteiger partial charge on any atom is -0.494 e. The summed E-state index contributed by atoms with van der Waals surface area (Å²) >= 11 is 12.3. The van der Waals surface area contributed by atoms with Crippen LogP contribution in [0.1, 0.15) is 12.0 Å². The van der Waals surface area contributed by atoms with E-state index in [1.54, 1.807) is 18.2 Å². The van der Waals surface area contributed by atoms with Crippen molar-refractivity contribution in [3.8, 4) is 11.5 Å². The Morgan fingerprint density at radius 2 is 1.67 bits per heavy atom. The van der Waals surface area contributed by atoms with Gasteiger partial charge in [0.2, 0.25) is 5.90 Å². The Hall–Kier alpha value is -2.12. The van der Waals surface area contributed by atoms with E-state index in [2.05, 4.69) is 9.73 Å². The van der Waals surface area contributed by atoms with Gasteiger partial charge in [-0.2, -0.15) is 0 Å². The molecule has 1 atom stereocenters. The fraction of sp³-hybridized carbons (Fsp3) is 0.278.